The number of hydrogen-bond donors (Lipinski definition) is 3. The van der Waals surface area contributed by atoms with E-state index in [9.17, 15) is 24.9 Å². The lowest BCUT2D eigenvalue weighted by Gasteiger charge is -2.24. The predicted octanol–water partition coefficient (Wildman–Crippen LogP) is 7.06. The fraction of sp³-hybridized carbons (Fsp3) is 0.375. The van der Waals surface area contributed by atoms with Crippen molar-refractivity contribution in [2.75, 3.05) is 19.8 Å². The van der Waals surface area contributed by atoms with Crippen molar-refractivity contribution in [2.45, 2.75) is 58.4 Å². The van der Waals surface area contributed by atoms with Crippen molar-refractivity contribution in [2.24, 2.45) is 0 Å². The standard InChI is InChI=1S/C32H37NO8/c1-3-10-22-27(14-7-15-28(22)41-29-13-6-5-11-23(29)31(35)36)39-17-9-18-40-30-20-26(34)24(19-21(30)4-2)25-12-8-16-33(25)32(37)38/h5-7,11,13-15,19-20,25,34H,3-4,8-10,12,16-18H2,1-2H3,(H,35,36)(H,37,38). The molecule has 0 aromatic heterocycles. The lowest BCUT2D eigenvalue weighted by molar-refractivity contribution is 0.0694. The molecule has 0 radical (unpaired) electrons. The molecule has 3 aromatic carbocycles. The summed E-state index contributed by atoms with van der Waals surface area (Å²) in [7, 11) is 0. The Bertz CT molecular complexity index is 1370. The van der Waals surface area contributed by atoms with Gasteiger partial charge >= 0.3 is 12.1 Å². The molecule has 3 N–H and O–H groups in total. The molecular weight excluding hydrogens is 526 g/mol. The van der Waals surface area contributed by atoms with Crippen LogP contribution in [0.3, 0.4) is 0 Å². The van der Waals surface area contributed by atoms with Crippen LogP contribution in [0.25, 0.3) is 0 Å². The van der Waals surface area contributed by atoms with Crippen molar-refractivity contribution in [3.8, 4) is 28.7 Å². The van der Waals surface area contributed by atoms with E-state index in [0.717, 1.165) is 24.0 Å². The Labute approximate surface area is 239 Å². The first-order valence-corrected chi connectivity index (χ1v) is 14.1. The van der Waals surface area contributed by atoms with E-state index in [1.807, 2.05) is 31.2 Å². The number of benzene rings is 3. The molecule has 9 nitrogen and oxygen atoms in total. The topological polar surface area (TPSA) is 126 Å². The Morgan fingerprint density at radius 2 is 1.63 bits per heavy atom. The summed E-state index contributed by atoms with van der Waals surface area (Å²) in [5.74, 6) is 1.06. The van der Waals surface area contributed by atoms with Crippen LogP contribution in [0, 0.1) is 0 Å². The number of ether oxygens (including phenoxy) is 3. The number of carboxylic acid groups (broad SMARTS) is 2. The number of aromatic carboxylic acids is 1. The Balaban J connectivity index is 1.39. The zero-order valence-electron chi connectivity index (χ0n) is 23.5. The van der Waals surface area contributed by atoms with Crippen LogP contribution in [0.4, 0.5) is 4.79 Å². The minimum atomic E-state index is -1.06. The second kappa shape index (κ2) is 13.8. The van der Waals surface area contributed by atoms with E-state index in [4.69, 9.17) is 14.2 Å². The molecule has 9 heteroatoms. The lowest BCUT2D eigenvalue weighted by Crippen LogP contribution is -2.28. The number of aryl methyl sites for hydroxylation is 1. The molecular formula is C32H37NO8. The van der Waals surface area contributed by atoms with Crippen LogP contribution < -0.4 is 14.2 Å². The maximum Gasteiger partial charge on any atom is 0.407 e. The van der Waals surface area contributed by atoms with Gasteiger partial charge in [0, 0.05) is 30.2 Å². The fourth-order valence-corrected chi connectivity index (χ4v) is 5.18. The van der Waals surface area contributed by atoms with Gasteiger partial charge in [0.25, 0.3) is 0 Å². The molecule has 1 fully saturated rings. The third-order valence-corrected chi connectivity index (χ3v) is 7.18. The van der Waals surface area contributed by atoms with E-state index >= 15 is 0 Å². The summed E-state index contributed by atoms with van der Waals surface area (Å²) in [4.78, 5) is 24.6. The summed E-state index contributed by atoms with van der Waals surface area (Å²) in [6.45, 7) is 5.25. The number of amides is 1. The highest BCUT2D eigenvalue weighted by Crippen LogP contribution is 2.40. The van der Waals surface area contributed by atoms with Crippen LogP contribution in [0.5, 0.6) is 28.7 Å². The van der Waals surface area contributed by atoms with E-state index in [1.54, 1.807) is 24.3 Å². The monoisotopic (exact) mass is 563 g/mol. The number of phenols is 1. The first-order chi connectivity index (χ1) is 19.8. The largest absolute Gasteiger partial charge is 0.507 e. The minimum Gasteiger partial charge on any atom is -0.507 e. The Kier molecular flexibility index (Phi) is 9.95. The zero-order chi connectivity index (χ0) is 29.4. The van der Waals surface area contributed by atoms with Crippen LogP contribution in [-0.2, 0) is 12.8 Å². The first kappa shape index (κ1) is 29.6. The van der Waals surface area contributed by atoms with Crippen molar-refractivity contribution in [1.29, 1.82) is 0 Å². The fourth-order valence-electron chi connectivity index (χ4n) is 5.18. The molecule has 218 valence electrons. The van der Waals surface area contributed by atoms with Crippen molar-refractivity contribution >= 4 is 12.1 Å². The first-order valence-electron chi connectivity index (χ1n) is 14.1. The molecule has 0 spiro atoms. The van der Waals surface area contributed by atoms with E-state index in [0.29, 0.717) is 68.3 Å². The van der Waals surface area contributed by atoms with E-state index in [1.165, 1.54) is 11.0 Å². The molecule has 0 bridgehead atoms. The summed E-state index contributed by atoms with van der Waals surface area (Å²) in [5, 5.41) is 29.7. The highest BCUT2D eigenvalue weighted by molar-refractivity contribution is 5.91. The van der Waals surface area contributed by atoms with Gasteiger partial charge in [-0.05, 0) is 61.6 Å². The van der Waals surface area contributed by atoms with E-state index in [2.05, 4.69) is 6.92 Å². The number of nitrogens with zero attached hydrogens (tertiary/aromatic N) is 1. The predicted molar refractivity (Wildman–Crippen MR) is 154 cm³/mol. The van der Waals surface area contributed by atoms with Gasteiger partial charge in [-0.25, -0.2) is 9.59 Å². The van der Waals surface area contributed by atoms with Crippen molar-refractivity contribution in [1.82, 2.24) is 4.90 Å². The highest BCUT2D eigenvalue weighted by atomic mass is 16.5. The number of carbonyl (C=O) groups is 2. The van der Waals surface area contributed by atoms with Gasteiger partial charge in [0.05, 0.1) is 19.3 Å². The number of hydrogen-bond acceptors (Lipinski definition) is 6. The van der Waals surface area contributed by atoms with Gasteiger partial charge in [-0.3, -0.25) is 0 Å². The van der Waals surface area contributed by atoms with Crippen LogP contribution in [0.15, 0.2) is 54.6 Å². The number of carboxylic acids is 1. The summed E-state index contributed by atoms with van der Waals surface area (Å²) >= 11 is 0. The Morgan fingerprint density at radius 1 is 0.927 bits per heavy atom. The number of rotatable bonds is 13. The van der Waals surface area contributed by atoms with Gasteiger partial charge in [0.15, 0.2) is 0 Å². The molecule has 4 rings (SSSR count). The third-order valence-electron chi connectivity index (χ3n) is 7.18. The second-order valence-corrected chi connectivity index (χ2v) is 9.94. The molecule has 1 aliphatic heterocycles. The average Bonchev–Trinajstić information content (AvgIpc) is 3.45. The number of para-hydroxylation sites is 1. The van der Waals surface area contributed by atoms with Crippen LogP contribution in [-0.4, -0.2) is 52.0 Å². The maximum atomic E-state index is 11.6. The van der Waals surface area contributed by atoms with Gasteiger partial charge in [-0.15, -0.1) is 0 Å². The summed E-state index contributed by atoms with van der Waals surface area (Å²) in [6.07, 6.45) is 3.28. The van der Waals surface area contributed by atoms with Gasteiger partial charge in [0.2, 0.25) is 0 Å². The summed E-state index contributed by atoms with van der Waals surface area (Å²) in [6, 6.07) is 15.1. The molecule has 41 heavy (non-hydrogen) atoms. The normalized spacial score (nSPS) is 14.6. The average molecular weight is 564 g/mol. The van der Waals surface area contributed by atoms with E-state index in [-0.39, 0.29) is 23.1 Å². The lowest BCUT2D eigenvalue weighted by atomic mass is 9.99. The number of aromatic hydroxyl groups is 1. The third kappa shape index (κ3) is 7.03. The molecule has 3 aromatic rings. The molecule has 0 aliphatic carbocycles. The SMILES string of the molecule is CCCc1c(OCCCOc2cc(O)c(C3CCCN3C(=O)O)cc2CC)cccc1Oc1ccccc1C(=O)O. The highest BCUT2D eigenvalue weighted by Gasteiger charge is 2.32. The Morgan fingerprint density at radius 3 is 2.34 bits per heavy atom. The van der Waals surface area contributed by atoms with Crippen molar-refractivity contribution < 1.29 is 39.1 Å². The van der Waals surface area contributed by atoms with Crippen LogP contribution in [0.2, 0.25) is 0 Å². The number of likely N-dealkylation sites (tertiary alicyclic amines) is 1. The molecule has 1 heterocycles. The minimum absolute atomic E-state index is 0.0390. The van der Waals surface area contributed by atoms with Gasteiger partial charge < -0.3 is 34.4 Å². The summed E-state index contributed by atoms with van der Waals surface area (Å²) < 4.78 is 18.1. The molecule has 0 saturated carbocycles. The summed E-state index contributed by atoms with van der Waals surface area (Å²) in [5.41, 5.74) is 2.49. The zero-order valence-corrected chi connectivity index (χ0v) is 23.5. The Hall–Kier alpha value is -4.40. The molecule has 1 unspecified atom stereocenters. The van der Waals surface area contributed by atoms with Crippen molar-refractivity contribution in [3.63, 3.8) is 0 Å². The van der Waals surface area contributed by atoms with Gasteiger partial charge in [0.1, 0.15) is 34.3 Å². The maximum absolute atomic E-state index is 11.6. The molecule has 1 aliphatic rings. The molecule has 1 amide bonds. The van der Waals surface area contributed by atoms with Crippen molar-refractivity contribution in [3.05, 3.63) is 76.9 Å². The second-order valence-electron chi connectivity index (χ2n) is 9.94. The molecule has 1 saturated heterocycles. The van der Waals surface area contributed by atoms with E-state index < -0.39 is 12.1 Å². The van der Waals surface area contributed by atoms with Gasteiger partial charge in [-0.2, -0.15) is 0 Å². The quantitative estimate of drug-likeness (QED) is 0.189. The van der Waals surface area contributed by atoms with Crippen LogP contribution in [0.1, 0.15) is 72.6 Å². The molecule has 1 atom stereocenters. The van der Waals surface area contributed by atoms with Crippen LogP contribution >= 0.6 is 0 Å². The van der Waals surface area contributed by atoms with Gasteiger partial charge in [-0.1, -0.05) is 38.5 Å². The smallest absolute Gasteiger partial charge is 0.407 e. The number of phenolic OH excluding ortho intramolecular Hbond substituents is 1.